The fourth-order valence-corrected chi connectivity index (χ4v) is 6.59. The van der Waals surface area contributed by atoms with Crippen LogP contribution in [0.1, 0.15) is 47.8 Å². The number of thiophene rings is 1. The third-order valence-corrected chi connectivity index (χ3v) is 8.99. The van der Waals surface area contributed by atoms with Gasteiger partial charge in [0.05, 0.1) is 15.3 Å². The molecule has 7 rings (SSSR count). The quantitative estimate of drug-likeness (QED) is 0.173. The Hall–Kier alpha value is -4.28. The number of pyridine rings is 2. The van der Waals surface area contributed by atoms with Gasteiger partial charge in [0.25, 0.3) is 0 Å². The number of rotatable bonds is 8. The van der Waals surface area contributed by atoms with Gasteiger partial charge in [0.2, 0.25) is 0 Å². The molecular weight excluding hydrogens is 537 g/mol. The van der Waals surface area contributed by atoms with Crippen molar-refractivity contribution >= 4 is 39.1 Å². The Labute approximate surface area is 239 Å². The highest BCUT2D eigenvalue weighted by Gasteiger charge is 2.19. The summed E-state index contributed by atoms with van der Waals surface area (Å²) in [5.74, 6) is 0.882. The number of aromatic amines is 2. The predicted molar refractivity (Wildman–Crippen MR) is 159 cm³/mol. The van der Waals surface area contributed by atoms with Gasteiger partial charge in [-0.2, -0.15) is 5.10 Å². The second-order valence-corrected chi connectivity index (χ2v) is 11.8. The van der Waals surface area contributed by atoms with Crippen molar-refractivity contribution in [2.24, 2.45) is 5.92 Å². The zero-order valence-electron chi connectivity index (χ0n) is 22.5. The Kier molecular flexibility index (Phi) is 6.64. The number of nitrogens with one attached hydrogen (secondary N) is 3. The number of nitrogens with zero attached hydrogens (tertiary/aromatic N) is 4. The van der Waals surface area contributed by atoms with Crippen LogP contribution >= 0.6 is 11.3 Å². The average molecular weight is 566 g/mol. The molecule has 0 atom stereocenters. The molecule has 0 saturated heterocycles. The number of fused-ring (bicyclic) bond motifs is 2. The van der Waals surface area contributed by atoms with E-state index in [0.29, 0.717) is 33.0 Å². The van der Waals surface area contributed by atoms with Crippen molar-refractivity contribution in [2.45, 2.75) is 39.2 Å². The number of imidazole rings is 1. The molecule has 10 heteroatoms. The number of hydrogen-bond donors (Lipinski definition) is 3. The van der Waals surface area contributed by atoms with Crippen LogP contribution in [0.15, 0.2) is 55.0 Å². The third-order valence-electron chi connectivity index (χ3n) is 7.80. The lowest BCUT2D eigenvalue weighted by atomic mass is 10.0. The monoisotopic (exact) mass is 565 g/mol. The SMILES string of the molecule is CC(=O)c1ccc(-c2nccc3[nH]c(-c4[nH]nc5c(F)cc(-c6cncc(CNCC7CCCC7)c6)cc45)nc23)s1. The number of ketones is 1. The van der Waals surface area contributed by atoms with Gasteiger partial charge in [-0.25, -0.2) is 9.37 Å². The van der Waals surface area contributed by atoms with E-state index in [-0.39, 0.29) is 11.3 Å². The van der Waals surface area contributed by atoms with Gasteiger partial charge in [-0.15, -0.1) is 11.3 Å². The van der Waals surface area contributed by atoms with Gasteiger partial charge in [-0.3, -0.25) is 19.9 Å². The van der Waals surface area contributed by atoms with Crippen LogP contribution in [0.4, 0.5) is 4.39 Å². The van der Waals surface area contributed by atoms with Gasteiger partial charge < -0.3 is 10.3 Å². The Bertz CT molecular complexity index is 1900. The molecule has 206 valence electrons. The molecule has 0 amide bonds. The lowest BCUT2D eigenvalue weighted by Crippen LogP contribution is -2.20. The number of aromatic nitrogens is 6. The first kappa shape index (κ1) is 25.7. The summed E-state index contributed by atoms with van der Waals surface area (Å²) in [4.78, 5) is 30.5. The number of Topliss-reactive ketones (excluding diaryl/α,β-unsaturated/α-hetero) is 1. The number of carbonyl (C=O) groups is 1. The minimum absolute atomic E-state index is 0.0129. The topological polar surface area (TPSA) is 112 Å². The summed E-state index contributed by atoms with van der Waals surface area (Å²) in [7, 11) is 0. The number of hydrogen-bond acceptors (Lipinski definition) is 7. The fourth-order valence-electron chi connectivity index (χ4n) is 5.69. The molecule has 8 nitrogen and oxygen atoms in total. The average Bonchev–Trinajstić information content (AvgIpc) is 3.78. The summed E-state index contributed by atoms with van der Waals surface area (Å²) in [6.45, 7) is 3.29. The van der Waals surface area contributed by atoms with Crippen LogP contribution in [0, 0.1) is 11.7 Å². The van der Waals surface area contributed by atoms with E-state index in [1.807, 2.05) is 24.4 Å². The summed E-state index contributed by atoms with van der Waals surface area (Å²) < 4.78 is 15.3. The predicted octanol–water partition coefficient (Wildman–Crippen LogP) is 6.91. The first-order valence-electron chi connectivity index (χ1n) is 13.8. The third kappa shape index (κ3) is 4.93. The van der Waals surface area contributed by atoms with Gasteiger partial charge in [-0.05, 0) is 79.8 Å². The maximum absolute atomic E-state index is 15.3. The maximum atomic E-state index is 15.3. The summed E-state index contributed by atoms with van der Waals surface area (Å²) >= 11 is 1.39. The molecule has 1 fully saturated rings. The normalized spacial score (nSPS) is 14.0. The Morgan fingerprint density at radius 2 is 1.98 bits per heavy atom. The van der Waals surface area contributed by atoms with Crippen LogP contribution in [0.5, 0.6) is 0 Å². The van der Waals surface area contributed by atoms with Crippen LogP contribution in [0.3, 0.4) is 0 Å². The molecule has 0 spiro atoms. The zero-order chi connectivity index (χ0) is 27.9. The highest BCUT2D eigenvalue weighted by atomic mass is 32.1. The first-order valence-corrected chi connectivity index (χ1v) is 14.6. The van der Waals surface area contributed by atoms with Crippen LogP contribution in [0.25, 0.3) is 55.2 Å². The second kappa shape index (κ2) is 10.6. The smallest absolute Gasteiger partial charge is 0.169 e. The Balaban J connectivity index is 1.22. The summed E-state index contributed by atoms with van der Waals surface area (Å²) in [6.07, 6.45) is 10.6. The van der Waals surface area contributed by atoms with Crippen molar-refractivity contribution < 1.29 is 9.18 Å². The minimum atomic E-state index is -0.418. The van der Waals surface area contributed by atoms with Crippen molar-refractivity contribution in [3.8, 4) is 33.2 Å². The number of carbonyl (C=O) groups excluding carboxylic acids is 1. The molecule has 0 bridgehead atoms. The second-order valence-electron chi connectivity index (χ2n) is 10.7. The van der Waals surface area contributed by atoms with Gasteiger partial charge in [0.15, 0.2) is 17.4 Å². The molecule has 1 aromatic carbocycles. The molecule has 3 N–H and O–H groups in total. The first-order chi connectivity index (χ1) is 20.0. The van der Waals surface area contributed by atoms with Gasteiger partial charge in [0, 0.05) is 36.1 Å². The van der Waals surface area contributed by atoms with E-state index < -0.39 is 5.82 Å². The lowest BCUT2D eigenvalue weighted by Gasteiger charge is -2.11. The molecular formula is C31H28FN7OS. The number of halogens is 1. The molecule has 0 radical (unpaired) electrons. The van der Waals surface area contributed by atoms with Crippen molar-refractivity contribution in [1.82, 2.24) is 35.5 Å². The number of H-pyrrole nitrogens is 2. The Morgan fingerprint density at radius 1 is 1.10 bits per heavy atom. The maximum Gasteiger partial charge on any atom is 0.169 e. The molecule has 41 heavy (non-hydrogen) atoms. The van der Waals surface area contributed by atoms with Crippen LogP contribution in [-0.4, -0.2) is 42.5 Å². The van der Waals surface area contributed by atoms with Crippen LogP contribution in [0.2, 0.25) is 0 Å². The Morgan fingerprint density at radius 3 is 2.80 bits per heavy atom. The molecule has 1 saturated carbocycles. The van der Waals surface area contributed by atoms with Gasteiger partial charge >= 0.3 is 0 Å². The largest absolute Gasteiger partial charge is 0.337 e. The summed E-state index contributed by atoms with van der Waals surface area (Å²) in [5, 5.41) is 11.4. The van der Waals surface area contributed by atoms with Gasteiger partial charge in [-0.1, -0.05) is 12.8 Å². The number of benzene rings is 1. The van der Waals surface area contributed by atoms with Crippen LogP contribution in [-0.2, 0) is 6.54 Å². The van der Waals surface area contributed by atoms with Crippen LogP contribution < -0.4 is 5.32 Å². The van der Waals surface area contributed by atoms with Crippen molar-refractivity contribution in [2.75, 3.05) is 6.54 Å². The van der Waals surface area contributed by atoms with E-state index >= 15 is 4.39 Å². The van der Waals surface area contributed by atoms with E-state index in [1.54, 1.807) is 25.4 Å². The van der Waals surface area contributed by atoms with E-state index in [1.165, 1.54) is 43.1 Å². The van der Waals surface area contributed by atoms with E-state index in [4.69, 9.17) is 4.98 Å². The van der Waals surface area contributed by atoms with E-state index in [2.05, 4.69) is 36.5 Å². The van der Waals surface area contributed by atoms with E-state index in [0.717, 1.165) is 46.1 Å². The fraction of sp³-hybridized carbons (Fsp3) is 0.258. The lowest BCUT2D eigenvalue weighted by molar-refractivity contribution is 0.102. The summed E-state index contributed by atoms with van der Waals surface area (Å²) in [5.41, 5.74) is 5.58. The highest BCUT2D eigenvalue weighted by Crippen LogP contribution is 2.35. The van der Waals surface area contributed by atoms with Crippen molar-refractivity contribution in [3.05, 3.63) is 71.2 Å². The van der Waals surface area contributed by atoms with Crippen molar-refractivity contribution in [3.63, 3.8) is 0 Å². The molecule has 1 aliphatic carbocycles. The molecule has 0 aliphatic heterocycles. The van der Waals surface area contributed by atoms with Gasteiger partial charge in [0.1, 0.15) is 22.4 Å². The zero-order valence-corrected chi connectivity index (χ0v) is 23.3. The minimum Gasteiger partial charge on any atom is -0.337 e. The summed E-state index contributed by atoms with van der Waals surface area (Å²) in [6, 6.07) is 11.0. The molecule has 6 aromatic rings. The highest BCUT2D eigenvalue weighted by molar-refractivity contribution is 7.17. The standard InChI is InChI=1S/C31H28FN7OS/c1-17(40)25-6-7-26(41-25)30-29-24(8-9-35-30)36-31(37-29)28-22-11-20(12-23(32)27(22)38-39-28)21-10-19(15-34-16-21)14-33-13-18-4-2-3-5-18/h6-12,15-16,18,33H,2-5,13-14H2,1H3,(H,36,37)(H,38,39). The van der Waals surface area contributed by atoms with E-state index in [9.17, 15) is 4.79 Å². The molecule has 1 aliphatic rings. The molecule has 5 heterocycles. The molecule has 0 unspecified atom stereocenters. The molecule has 5 aromatic heterocycles. The van der Waals surface area contributed by atoms with Crippen molar-refractivity contribution in [1.29, 1.82) is 0 Å².